The molecule has 0 bridgehead atoms. The maximum Gasteiger partial charge on any atom is 0.232 e. The number of anilines is 1. The van der Waals surface area contributed by atoms with Crippen molar-refractivity contribution in [3.8, 4) is 0 Å². The van der Waals surface area contributed by atoms with Gasteiger partial charge in [-0.3, -0.25) is 9.40 Å². The number of halogens is 1. The van der Waals surface area contributed by atoms with Gasteiger partial charge in [0.25, 0.3) is 0 Å². The highest BCUT2D eigenvalue weighted by Crippen LogP contribution is 2.21. The molecule has 0 atom stereocenters. The van der Waals surface area contributed by atoms with E-state index in [0.717, 1.165) is 5.56 Å². The molecule has 114 valence electrons. The molecule has 2 rings (SSSR count). The molecular weight excluding hydrogens is 293 g/mol. The molecule has 0 aliphatic heterocycles. The largest absolute Gasteiger partial charge is 0.280 e. The summed E-state index contributed by atoms with van der Waals surface area (Å²) in [6.45, 7) is 5.48. The minimum atomic E-state index is -3.35. The lowest BCUT2D eigenvalue weighted by Gasteiger charge is -2.08. The molecule has 21 heavy (non-hydrogen) atoms. The van der Waals surface area contributed by atoms with Crippen molar-refractivity contribution in [2.24, 2.45) is 0 Å². The maximum absolute atomic E-state index is 13.2. The summed E-state index contributed by atoms with van der Waals surface area (Å²) in [4.78, 5) is 0. The van der Waals surface area contributed by atoms with Crippen molar-refractivity contribution in [3.05, 3.63) is 47.0 Å². The fourth-order valence-electron chi connectivity index (χ4n) is 2.03. The summed E-state index contributed by atoms with van der Waals surface area (Å²) in [6.07, 6.45) is 0. The minimum absolute atomic E-state index is 0.000949. The lowest BCUT2D eigenvalue weighted by Crippen LogP contribution is -2.15. The topological polar surface area (TPSA) is 64.0 Å². The number of nitrogens with one attached hydrogen (secondary N) is 1. The quantitative estimate of drug-likeness (QED) is 0.922. The van der Waals surface area contributed by atoms with Crippen molar-refractivity contribution in [1.29, 1.82) is 0 Å². The van der Waals surface area contributed by atoms with Gasteiger partial charge in [-0.1, -0.05) is 12.1 Å². The monoisotopic (exact) mass is 311 g/mol. The first kappa shape index (κ1) is 15.5. The molecule has 1 N–H and O–H groups in total. The Labute approximate surface area is 123 Å². The Morgan fingerprint density at radius 3 is 2.67 bits per heavy atom. The van der Waals surface area contributed by atoms with Crippen LogP contribution in [0.4, 0.5) is 10.1 Å². The SMILES string of the molecule is CCS(=O)(=O)Nc1c(C)nn(Cc2cccc(F)c2)c1C. The number of aryl methyl sites for hydroxylation is 1. The smallest absolute Gasteiger partial charge is 0.232 e. The minimum Gasteiger partial charge on any atom is -0.280 e. The Balaban J connectivity index is 2.31. The van der Waals surface area contributed by atoms with Gasteiger partial charge in [0.15, 0.2) is 0 Å². The van der Waals surface area contributed by atoms with E-state index in [2.05, 4.69) is 9.82 Å². The zero-order chi connectivity index (χ0) is 15.6. The first-order chi connectivity index (χ1) is 9.82. The highest BCUT2D eigenvalue weighted by atomic mass is 32.2. The zero-order valence-corrected chi connectivity index (χ0v) is 13.0. The van der Waals surface area contributed by atoms with Crippen LogP contribution in [0, 0.1) is 19.7 Å². The second kappa shape index (κ2) is 5.85. The Morgan fingerprint density at radius 1 is 1.33 bits per heavy atom. The molecule has 0 unspecified atom stereocenters. The van der Waals surface area contributed by atoms with E-state index in [9.17, 15) is 12.8 Å². The maximum atomic E-state index is 13.2. The van der Waals surface area contributed by atoms with E-state index in [1.54, 1.807) is 37.6 Å². The van der Waals surface area contributed by atoms with Crippen molar-refractivity contribution in [1.82, 2.24) is 9.78 Å². The number of hydrogen-bond acceptors (Lipinski definition) is 3. The van der Waals surface area contributed by atoms with Gasteiger partial charge in [0.05, 0.1) is 29.4 Å². The van der Waals surface area contributed by atoms with E-state index in [0.29, 0.717) is 23.6 Å². The first-order valence-electron chi connectivity index (χ1n) is 6.61. The Bertz CT molecular complexity index is 754. The molecule has 0 amide bonds. The number of benzene rings is 1. The fourth-order valence-corrected chi connectivity index (χ4v) is 2.79. The van der Waals surface area contributed by atoms with Crippen LogP contribution in [0.5, 0.6) is 0 Å². The normalized spacial score (nSPS) is 11.6. The summed E-state index contributed by atoms with van der Waals surface area (Å²) in [5.74, 6) is -0.304. The summed E-state index contributed by atoms with van der Waals surface area (Å²) in [5, 5.41) is 4.32. The summed E-state index contributed by atoms with van der Waals surface area (Å²) in [5.41, 5.74) is 2.56. The molecule has 1 heterocycles. The second-order valence-electron chi connectivity index (χ2n) is 4.84. The van der Waals surface area contributed by atoms with Crippen LogP contribution in [0.15, 0.2) is 24.3 Å². The fraction of sp³-hybridized carbons (Fsp3) is 0.357. The van der Waals surface area contributed by atoms with Crippen LogP contribution in [0.1, 0.15) is 23.9 Å². The van der Waals surface area contributed by atoms with Crippen LogP contribution in [-0.2, 0) is 16.6 Å². The van der Waals surface area contributed by atoms with Gasteiger partial charge in [-0.05, 0) is 38.5 Å². The van der Waals surface area contributed by atoms with E-state index in [-0.39, 0.29) is 11.6 Å². The van der Waals surface area contributed by atoms with Gasteiger partial charge in [0.1, 0.15) is 5.82 Å². The van der Waals surface area contributed by atoms with Crippen LogP contribution < -0.4 is 4.72 Å². The van der Waals surface area contributed by atoms with E-state index >= 15 is 0 Å². The van der Waals surface area contributed by atoms with E-state index in [1.165, 1.54) is 12.1 Å². The molecule has 1 aromatic heterocycles. The lowest BCUT2D eigenvalue weighted by atomic mass is 10.2. The van der Waals surface area contributed by atoms with E-state index in [1.807, 2.05) is 0 Å². The van der Waals surface area contributed by atoms with Gasteiger partial charge in [-0.15, -0.1) is 0 Å². The van der Waals surface area contributed by atoms with Crippen molar-refractivity contribution in [2.75, 3.05) is 10.5 Å². The predicted octanol–water partition coefficient (Wildman–Crippen LogP) is 2.45. The van der Waals surface area contributed by atoms with E-state index < -0.39 is 10.0 Å². The standard InChI is InChI=1S/C14H18FN3O2S/c1-4-21(19,20)17-14-10(2)16-18(11(14)3)9-12-6-5-7-13(15)8-12/h5-8,17H,4,9H2,1-3H3. The number of hydrogen-bond donors (Lipinski definition) is 1. The summed E-state index contributed by atoms with van der Waals surface area (Å²) in [6, 6.07) is 6.25. The third kappa shape index (κ3) is 3.60. The Kier molecular flexibility index (Phi) is 4.32. The summed E-state index contributed by atoms with van der Waals surface area (Å²) in [7, 11) is -3.35. The molecule has 2 aromatic rings. The molecule has 0 radical (unpaired) electrons. The molecular formula is C14H18FN3O2S. The number of nitrogens with zero attached hydrogens (tertiary/aromatic N) is 2. The molecule has 0 saturated carbocycles. The zero-order valence-electron chi connectivity index (χ0n) is 12.2. The van der Waals surface area contributed by atoms with Gasteiger partial charge in [-0.2, -0.15) is 5.10 Å². The molecule has 7 heteroatoms. The summed E-state index contributed by atoms with van der Waals surface area (Å²) >= 11 is 0. The van der Waals surface area contributed by atoms with Crippen LogP contribution in [-0.4, -0.2) is 24.0 Å². The Morgan fingerprint density at radius 2 is 2.05 bits per heavy atom. The lowest BCUT2D eigenvalue weighted by molar-refractivity contribution is 0.602. The molecule has 0 aliphatic carbocycles. The average Bonchev–Trinajstić information content (AvgIpc) is 2.66. The molecule has 0 aliphatic rings. The third-order valence-electron chi connectivity index (χ3n) is 3.24. The Hall–Kier alpha value is -1.89. The van der Waals surface area contributed by atoms with Crippen LogP contribution in [0.25, 0.3) is 0 Å². The van der Waals surface area contributed by atoms with Crippen LogP contribution >= 0.6 is 0 Å². The highest BCUT2D eigenvalue weighted by Gasteiger charge is 2.16. The van der Waals surface area contributed by atoms with Crippen molar-refractivity contribution < 1.29 is 12.8 Å². The second-order valence-corrected chi connectivity index (χ2v) is 6.85. The molecule has 1 aromatic carbocycles. The van der Waals surface area contributed by atoms with Gasteiger partial charge in [0.2, 0.25) is 10.0 Å². The van der Waals surface area contributed by atoms with Gasteiger partial charge in [0, 0.05) is 0 Å². The van der Waals surface area contributed by atoms with Crippen molar-refractivity contribution in [2.45, 2.75) is 27.3 Å². The van der Waals surface area contributed by atoms with Crippen molar-refractivity contribution in [3.63, 3.8) is 0 Å². The van der Waals surface area contributed by atoms with Gasteiger partial charge >= 0.3 is 0 Å². The van der Waals surface area contributed by atoms with E-state index in [4.69, 9.17) is 0 Å². The first-order valence-corrected chi connectivity index (χ1v) is 8.26. The van der Waals surface area contributed by atoms with Crippen LogP contribution in [0.3, 0.4) is 0 Å². The number of aromatic nitrogens is 2. The van der Waals surface area contributed by atoms with Crippen LogP contribution in [0.2, 0.25) is 0 Å². The predicted molar refractivity (Wildman–Crippen MR) is 80.3 cm³/mol. The molecule has 0 spiro atoms. The highest BCUT2D eigenvalue weighted by molar-refractivity contribution is 7.92. The van der Waals surface area contributed by atoms with Gasteiger partial charge < -0.3 is 0 Å². The molecule has 0 saturated heterocycles. The average molecular weight is 311 g/mol. The molecule has 5 nitrogen and oxygen atoms in total. The van der Waals surface area contributed by atoms with Gasteiger partial charge in [-0.25, -0.2) is 12.8 Å². The third-order valence-corrected chi connectivity index (χ3v) is 4.52. The molecule has 0 fully saturated rings. The number of sulfonamides is 1. The van der Waals surface area contributed by atoms with Crippen molar-refractivity contribution >= 4 is 15.7 Å². The number of rotatable bonds is 5. The summed E-state index contributed by atoms with van der Waals surface area (Å²) < 4.78 is 40.8.